The van der Waals surface area contributed by atoms with Crippen molar-refractivity contribution in [3.63, 3.8) is 0 Å². The van der Waals surface area contributed by atoms with Crippen molar-refractivity contribution in [2.45, 2.75) is 6.92 Å². The smallest absolute Gasteiger partial charge is 0.291 e. The van der Waals surface area contributed by atoms with Gasteiger partial charge in [-0.25, -0.2) is 0 Å². The molecule has 0 aliphatic carbocycles. The molecule has 3 aromatic rings. The van der Waals surface area contributed by atoms with E-state index in [1.54, 1.807) is 6.07 Å². The van der Waals surface area contributed by atoms with E-state index >= 15 is 0 Å². The van der Waals surface area contributed by atoms with Gasteiger partial charge in [0, 0.05) is 15.5 Å². The molecular formula is C16H12BrNO2. The van der Waals surface area contributed by atoms with Gasteiger partial charge in [-0.2, -0.15) is 0 Å². The highest BCUT2D eigenvalue weighted by Crippen LogP contribution is 2.24. The van der Waals surface area contributed by atoms with E-state index in [1.807, 2.05) is 49.4 Å². The fourth-order valence-electron chi connectivity index (χ4n) is 1.95. The normalized spacial score (nSPS) is 10.7. The van der Waals surface area contributed by atoms with Gasteiger partial charge in [0.2, 0.25) is 0 Å². The summed E-state index contributed by atoms with van der Waals surface area (Å²) in [5.41, 5.74) is 2.59. The van der Waals surface area contributed by atoms with Crippen LogP contribution in [0.15, 0.2) is 57.4 Å². The molecule has 0 bridgehead atoms. The number of anilines is 1. The molecule has 1 aromatic heterocycles. The molecule has 0 aliphatic heterocycles. The largest absolute Gasteiger partial charge is 0.451 e. The molecule has 0 atom stereocenters. The quantitative estimate of drug-likeness (QED) is 0.736. The number of rotatable bonds is 2. The molecule has 0 spiro atoms. The van der Waals surface area contributed by atoms with Gasteiger partial charge in [-0.3, -0.25) is 4.79 Å². The molecule has 4 heteroatoms. The predicted octanol–water partition coefficient (Wildman–Crippen LogP) is 4.76. The van der Waals surface area contributed by atoms with Crippen LogP contribution in [0.5, 0.6) is 0 Å². The third-order valence-electron chi connectivity index (χ3n) is 3.02. The first-order valence-corrected chi connectivity index (χ1v) is 6.98. The zero-order valence-electron chi connectivity index (χ0n) is 10.8. The number of hydrogen-bond donors (Lipinski definition) is 1. The molecule has 0 saturated heterocycles. The summed E-state index contributed by atoms with van der Waals surface area (Å²) in [7, 11) is 0. The molecule has 1 heterocycles. The number of benzene rings is 2. The lowest BCUT2D eigenvalue weighted by Crippen LogP contribution is -2.10. The Balaban J connectivity index is 1.86. The second-order valence-corrected chi connectivity index (χ2v) is 5.53. The van der Waals surface area contributed by atoms with E-state index in [0.717, 1.165) is 21.1 Å². The molecular weight excluding hydrogens is 318 g/mol. The fraction of sp³-hybridized carbons (Fsp3) is 0.0625. The Morgan fingerprint density at radius 3 is 2.60 bits per heavy atom. The maximum absolute atomic E-state index is 12.1. The van der Waals surface area contributed by atoms with Crippen LogP contribution in [-0.4, -0.2) is 5.91 Å². The van der Waals surface area contributed by atoms with Gasteiger partial charge < -0.3 is 9.73 Å². The summed E-state index contributed by atoms with van der Waals surface area (Å²) in [4.78, 5) is 12.1. The zero-order chi connectivity index (χ0) is 14.1. The summed E-state index contributed by atoms with van der Waals surface area (Å²) in [5, 5.41) is 3.72. The van der Waals surface area contributed by atoms with Crippen molar-refractivity contribution in [3.05, 3.63) is 64.3 Å². The van der Waals surface area contributed by atoms with Crippen molar-refractivity contribution >= 4 is 38.5 Å². The molecule has 0 aliphatic rings. The molecule has 0 radical (unpaired) electrons. The minimum Gasteiger partial charge on any atom is -0.451 e. The van der Waals surface area contributed by atoms with Crippen LogP contribution in [0, 0.1) is 6.92 Å². The van der Waals surface area contributed by atoms with Crippen LogP contribution in [0.2, 0.25) is 0 Å². The Bertz CT molecular complexity index is 775. The molecule has 1 N–H and O–H groups in total. The summed E-state index contributed by atoms with van der Waals surface area (Å²) < 4.78 is 6.49. The molecule has 3 nitrogen and oxygen atoms in total. The minimum absolute atomic E-state index is 0.249. The van der Waals surface area contributed by atoms with E-state index in [2.05, 4.69) is 21.2 Å². The van der Waals surface area contributed by atoms with Gasteiger partial charge >= 0.3 is 0 Å². The molecule has 1 amide bonds. The van der Waals surface area contributed by atoms with Crippen molar-refractivity contribution in [1.29, 1.82) is 0 Å². The summed E-state index contributed by atoms with van der Waals surface area (Å²) in [6.45, 7) is 2.00. The Morgan fingerprint density at radius 2 is 1.85 bits per heavy atom. The first-order valence-electron chi connectivity index (χ1n) is 6.19. The number of amides is 1. The van der Waals surface area contributed by atoms with E-state index in [9.17, 15) is 4.79 Å². The molecule has 0 saturated carbocycles. The van der Waals surface area contributed by atoms with Gasteiger partial charge in [-0.15, -0.1) is 0 Å². The van der Waals surface area contributed by atoms with E-state index in [0.29, 0.717) is 11.3 Å². The monoisotopic (exact) mass is 329 g/mol. The second-order valence-electron chi connectivity index (χ2n) is 4.61. The Morgan fingerprint density at radius 1 is 1.10 bits per heavy atom. The van der Waals surface area contributed by atoms with Crippen LogP contribution >= 0.6 is 15.9 Å². The standard InChI is InChI=1S/C16H12BrNO2/c1-10-2-6-13(7-3-10)18-16(19)15-8-11-4-5-12(17)9-14(11)20-15/h2-9H,1H3,(H,18,19). The molecule has 2 aromatic carbocycles. The highest BCUT2D eigenvalue weighted by atomic mass is 79.9. The summed E-state index contributed by atoms with van der Waals surface area (Å²) in [6.07, 6.45) is 0. The number of carbonyl (C=O) groups excluding carboxylic acids is 1. The van der Waals surface area contributed by atoms with E-state index in [1.165, 1.54) is 0 Å². The van der Waals surface area contributed by atoms with Crippen molar-refractivity contribution in [1.82, 2.24) is 0 Å². The third-order valence-corrected chi connectivity index (χ3v) is 3.51. The number of fused-ring (bicyclic) bond motifs is 1. The lowest BCUT2D eigenvalue weighted by molar-refractivity contribution is 0.0998. The van der Waals surface area contributed by atoms with Crippen LogP contribution in [0.3, 0.4) is 0 Å². The third kappa shape index (κ3) is 2.60. The van der Waals surface area contributed by atoms with Crippen molar-refractivity contribution in [3.8, 4) is 0 Å². The Labute approximate surface area is 124 Å². The second kappa shape index (κ2) is 5.13. The van der Waals surface area contributed by atoms with Crippen LogP contribution in [0.4, 0.5) is 5.69 Å². The number of furan rings is 1. The maximum atomic E-state index is 12.1. The van der Waals surface area contributed by atoms with Crippen LogP contribution in [0.25, 0.3) is 11.0 Å². The van der Waals surface area contributed by atoms with Gasteiger partial charge in [0.25, 0.3) is 5.91 Å². The Hall–Kier alpha value is -2.07. The van der Waals surface area contributed by atoms with Gasteiger partial charge in [0.15, 0.2) is 5.76 Å². The predicted molar refractivity (Wildman–Crippen MR) is 83.0 cm³/mol. The molecule has 20 heavy (non-hydrogen) atoms. The molecule has 0 unspecified atom stereocenters. The number of aryl methyl sites for hydroxylation is 1. The first kappa shape index (κ1) is 12.9. The molecule has 3 rings (SSSR count). The number of nitrogens with one attached hydrogen (secondary N) is 1. The number of hydrogen-bond acceptors (Lipinski definition) is 2. The van der Waals surface area contributed by atoms with E-state index in [-0.39, 0.29) is 5.91 Å². The highest BCUT2D eigenvalue weighted by molar-refractivity contribution is 9.10. The van der Waals surface area contributed by atoms with Crippen LogP contribution in [-0.2, 0) is 0 Å². The van der Waals surface area contributed by atoms with Crippen LogP contribution < -0.4 is 5.32 Å². The number of halogens is 1. The highest BCUT2D eigenvalue weighted by Gasteiger charge is 2.12. The zero-order valence-corrected chi connectivity index (χ0v) is 12.4. The van der Waals surface area contributed by atoms with Gasteiger partial charge in [-0.05, 0) is 43.3 Å². The minimum atomic E-state index is -0.249. The fourth-order valence-corrected chi connectivity index (χ4v) is 2.29. The topological polar surface area (TPSA) is 42.2 Å². The van der Waals surface area contributed by atoms with Gasteiger partial charge in [0.1, 0.15) is 5.58 Å². The van der Waals surface area contributed by atoms with Crippen molar-refractivity contribution in [2.75, 3.05) is 5.32 Å². The molecule has 100 valence electrons. The van der Waals surface area contributed by atoms with Gasteiger partial charge in [-0.1, -0.05) is 33.6 Å². The van der Waals surface area contributed by atoms with Gasteiger partial charge in [0.05, 0.1) is 0 Å². The first-order chi connectivity index (χ1) is 9.61. The van der Waals surface area contributed by atoms with E-state index in [4.69, 9.17) is 4.42 Å². The average Bonchev–Trinajstić information content (AvgIpc) is 2.84. The summed E-state index contributed by atoms with van der Waals surface area (Å²) in [6, 6.07) is 15.0. The molecule has 0 fully saturated rings. The van der Waals surface area contributed by atoms with Crippen LogP contribution in [0.1, 0.15) is 16.1 Å². The van der Waals surface area contributed by atoms with Crippen molar-refractivity contribution in [2.24, 2.45) is 0 Å². The lowest BCUT2D eigenvalue weighted by atomic mass is 10.2. The maximum Gasteiger partial charge on any atom is 0.291 e. The number of carbonyl (C=O) groups is 1. The SMILES string of the molecule is Cc1ccc(NC(=O)c2cc3ccc(Br)cc3o2)cc1. The summed E-state index contributed by atoms with van der Waals surface area (Å²) >= 11 is 3.38. The Kier molecular flexibility index (Phi) is 3.32. The average molecular weight is 330 g/mol. The lowest BCUT2D eigenvalue weighted by Gasteiger charge is -2.02. The van der Waals surface area contributed by atoms with Crippen molar-refractivity contribution < 1.29 is 9.21 Å². The van der Waals surface area contributed by atoms with E-state index < -0.39 is 0 Å². The summed E-state index contributed by atoms with van der Waals surface area (Å²) in [5.74, 6) is 0.0554.